The van der Waals surface area contributed by atoms with Crippen molar-refractivity contribution in [3.8, 4) is 5.75 Å². The molecule has 3 N–H and O–H groups in total. The minimum absolute atomic E-state index is 0.0760. The normalized spacial score (nSPS) is 10.2. The second-order valence-corrected chi connectivity index (χ2v) is 5.40. The number of amides is 1. The number of carbonyl (C=O) groups is 1. The number of nitrogens with two attached hydrogens (primary N) is 1. The molecule has 0 aliphatic rings. The van der Waals surface area contributed by atoms with E-state index in [1.165, 1.54) is 0 Å². The van der Waals surface area contributed by atoms with Gasteiger partial charge in [-0.05, 0) is 45.3 Å². The SMILES string of the molecule is COc1ccc(NC(=O)Cc2ccccc2CN)cc1Br. The summed E-state index contributed by atoms with van der Waals surface area (Å²) in [6.45, 7) is 0.428. The van der Waals surface area contributed by atoms with Gasteiger partial charge in [0.25, 0.3) is 0 Å². The third-order valence-corrected chi connectivity index (χ3v) is 3.74. The smallest absolute Gasteiger partial charge is 0.228 e. The highest BCUT2D eigenvalue weighted by Gasteiger charge is 2.08. The first-order valence-corrected chi connectivity index (χ1v) is 7.33. The summed E-state index contributed by atoms with van der Waals surface area (Å²) in [7, 11) is 1.60. The molecule has 0 spiro atoms. The predicted molar refractivity (Wildman–Crippen MR) is 87.4 cm³/mol. The molecule has 0 unspecified atom stereocenters. The van der Waals surface area contributed by atoms with Gasteiger partial charge in [-0.1, -0.05) is 24.3 Å². The zero-order chi connectivity index (χ0) is 15.2. The summed E-state index contributed by atoms with van der Waals surface area (Å²) < 4.78 is 5.95. The number of hydrogen-bond acceptors (Lipinski definition) is 3. The lowest BCUT2D eigenvalue weighted by Gasteiger charge is -2.10. The van der Waals surface area contributed by atoms with Crippen LogP contribution in [0.25, 0.3) is 0 Å². The van der Waals surface area contributed by atoms with Crippen LogP contribution in [0.5, 0.6) is 5.75 Å². The molecule has 5 heteroatoms. The number of ether oxygens (including phenoxy) is 1. The van der Waals surface area contributed by atoms with Crippen LogP contribution in [0.15, 0.2) is 46.9 Å². The molecule has 2 rings (SSSR count). The Hall–Kier alpha value is -1.85. The van der Waals surface area contributed by atoms with E-state index in [9.17, 15) is 4.79 Å². The average Bonchev–Trinajstić information content (AvgIpc) is 2.48. The number of rotatable bonds is 5. The fourth-order valence-electron chi connectivity index (χ4n) is 2.05. The molecular formula is C16H17BrN2O2. The van der Waals surface area contributed by atoms with Gasteiger partial charge in [0.15, 0.2) is 0 Å². The van der Waals surface area contributed by atoms with Gasteiger partial charge in [-0.25, -0.2) is 0 Å². The van der Waals surface area contributed by atoms with Gasteiger partial charge in [-0.3, -0.25) is 4.79 Å². The highest BCUT2D eigenvalue weighted by atomic mass is 79.9. The summed E-state index contributed by atoms with van der Waals surface area (Å²) >= 11 is 3.39. The molecule has 0 aliphatic heterocycles. The van der Waals surface area contributed by atoms with Crippen LogP contribution in [0.3, 0.4) is 0 Å². The van der Waals surface area contributed by atoms with E-state index in [-0.39, 0.29) is 5.91 Å². The summed E-state index contributed by atoms with van der Waals surface area (Å²) in [6.07, 6.45) is 0.303. The molecule has 0 radical (unpaired) electrons. The molecule has 0 saturated carbocycles. The van der Waals surface area contributed by atoms with E-state index in [1.54, 1.807) is 19.2 Å². The first-order chi connectivity index (χ1) is 10.1. The number of hydrogen-bond donors (Lipinski definition) is 2. The van der Waals surface area contributed by atoms with Crippen LogP contribution in [0.1, 0.15) is 11.1 Å². The minimum Gasteiger partial charge on any atom is -0.496 e. The molecular weight excluding hydrogens is 332 g/mol. The largest absolute Gasteiger partial charge is 0.496 e. The van der Waals surface area contributed by atoms with Crippen LogP contribution in [-0.2, 0) is 17.8 Å². The van der Waals surface area contributed by atoms with Crippen molar-refractivity contribution >= 4 is 27.5 Å². The van der Waals surface area contributed by atoms with Crippen LogP contribution in [0, 0.1) is 0 Å². The summed E-state index contributed by atoms with van der Waals surface area (Å²) in [6, 6.07) is 13.1. The van der Waals surface area contributed by atoms with Gasteiger partial charge in [0.1, 0.15) is 5.75 Å². The number of nitrogens with one attached hydrogen (secondary N) is 1. The van der Waals surface area contributed by atoms with Gasteiger partial charge in [-0.2, -0.15) is 0 Å². The topological polar surface area (TPSA) is 64.3 Å². The second kappa shape index (κ2) is 7.24. The monoisotopic (exact) mass is 348 g/mol. The second-order valence-electron chi connectivity index (χ2n) is 4.55. The van der Waals surface area contributed by atoms with E-state index in [4.69, 9.17) is 10.5 Å². The van der Waals surface area contributed by atoms with E-state index >= 15 is 0 Å². The van der Waals surface area contributed by atoms with Crippen LogP contribution in [0.4, 0.5) is 5.69 Å². The maximum absolute atomic E-state index is 12.1. The summed E-state index contributed by atoms with van der Waals surface area (Å²) in [5.41, 5.74) is 8.34. The predicted octanol–water partition coefficient (Wildman–Crippen LogP) is 3.10. The van der Waals surface area contributed by atoms with Gasteiger partial charge in [0.05, 0.1) is 18.0 Å². The Morgan fingerprint density at radius 3 is 2.57 bits per heavy atom. The van der Waals surface area contributed by atoms with E-state index in [2.05, 4.69) is 21.2 Å². The van der Waals surface area contributed by atoms with Crippen molar-refractivity contribution < 1.29 is 9.53 Å². The molecule has 1 amide bonds. The van der Waals surface area contributed by atoms with Gasteiger partial charge in [0, 0.05) is 12.2 Å². The van der Waals surface area contributed by atoms with E-state index < -0.39 is 0 Å². The van der Waals surface area contributed by atoms with Crippen molar-refractivity contribution in [3.63, 3.8) is 0 Å². The molecule has 0 heterocycles. The Morgan fingerprint density at radius 1 is 1.24 bits per heavy atom. The standard InChI is InChI=1S/C16H17BrN2O2/c1-21-15-7-6-13(9-14(15)17)19-16(20)8-11-4-2-3-5-12(11)10-18/h2-7,9H,8,10,18H2,1H3,(H,19,20). The average molecular weight is 349 g/mol. The van der Waals surface area contributed by atoms with Gasteiger partial charge < -0.3 is 15.8 Å². The van der Waals surface area contributed by atoms with Gasteiger partial charge >= 0.3 is 0 Å². The fourth-order valence-corrected chi connectivity index (χ4v) is 2.59. The number of halogens is 1. The molecule has 2 aromatic carbocycles. The molecule has 2 aromatic rings. The lowest BCUT2D eigenvalue weighted by atomic mass is 10.0. The Bertz CT molecular complexity index is 644. The zero-order valence-electron chi connectivity index (χ0n) is 11.7. The first kappa shape index (κ1) is 15.5. The third kappa shape index (κ3) is 4.06. The van der Waals surface area contributed by atoms with E-state index in [0.717, 1.165) is 27.0 Å². The lowest BCUT2D eigenvalue weighted by Crippen LogP contribution is -2.16. The minimum atomic E-state index is -0.0760. The van der Waals surface area contributed by atoms with Crippen LogP contribution in [-0.4, -0.2) is 13.0 Å². The molecule has 0 aliphatic carbocycles. The lowest BCUT2D eigenvalue weighted by molar-refractivity contribution is -0.115. The number of methoxy groups -OCH3 is 1. The van der Waals surface area contributed by atoms with Crippen LogP contribution >= 0.6 is 15.9 Å². The zero-order valence-corrected chi connectivity index (χ0v) is 13.3. The quantitative estimate of drug-likeness (QED) is 0.872. The molecule has 0 aromatic heterocycles. The highest BCUT2D eigenvalue weighted by Crippen LogP contribution is 2.27. The van der Waals surface area contributed by atoms with Crippen molar-refractivity contribution in [2.24, 2.45) is 5.73 Å². The van der Waals surface area contributed by atoms with Crippen molar-refractivity contribution in [1.82, 2.24) is 0 Å². The molecule has 4 nitrogen and oxygen atoms in total. The fraction of sp³-hybridized carbons (Fsp3) is 0.188. The van der Waals surface area contributed by atoms with Gasteiger partial charge in [-0.15, -0.1) is 0 Å². The van der Waals surface area contributed by atoms with Crippen molar-refractivity contribution in [2.45, 2.75) is 13.0 Å². The Balaban J connectivity index is 2.06. The third-order valence-electron chi connectivity index (χ3n) is 3.12. The van der Waals surface area contributed by atoms with Gasteiger partial charge in [0.2, 0.25) is 5.91 Å². The molecule has 0 fully saturated rings. The Labute approximate surface area is 132 Å². The van der Waals surface area contributed by atoms with Crippen molar-refractivity contribution in [3.05, 3.63) is 58.1 Å². The van der Waals surface area contributed by atoms with Crippen molar-refractivity contribution in [1.29, 1.82) is 0 Å². The van der Waals surface area contributed by atoms with E-state index in [0.29, 0.717) is 13.0 Å². The highest BCUT2D eigenvalue weighted by molar-refractivity contribution is 9.10. The number of benzene rings is 2. The summed E-state index contributed by atoms with van der Waals surface area (Å²) in [5, 5.41) is 2.87. The van der Waals surface area contributed by atoms with Crippen LogP contribution in [0.2, 0.25) is 0 Å². The first-order valence-electron chi connectivity index (χ1n) is 6.54. The van der Waals surface area contributed by atoms with Crippen LogP contribution < -0.4 is 15.8 Å². The Kier molecular flexibility index (Phi) is 5.36. The number of anilines is 1. The summed E-state index contributed by atoms with van der Waals surface area (Å²) in [4.78, 5) is 12.1. The molecule has 0 bridgehead atoms. The molecule has 0 saturated heterocycles. The number of carbonyl (C=O) groups excluding carboxylic acids is 1. The summed E-state index contributed by atoms with van der Waals surface area (Å²) in [5.74, 6) is 0.648. The maximum atomic E-state index is 12.1. The molecule has 0 atom stereocenters. The van der Waals surface area contributed by atoms with E-state index in [1.807, 2.05) is 30.3 Å². The molecule has 21 heavy (non-hydrogen) atoms. The maximum Gasteiger partial charge on any atom is 0.228 e. The molecule has 110 valence electrons. The Morgan fingerprint density at radius 2 is 1.95 bits per heavy atom. The van der Waals surface area contributed by atoms with Crippen molar-refractivity contribution in [2.75, 3.05) is 12.4 Å².